The van der Waals surface area contributed by atoms with E-state index >= 15 is 0 Å². The number of carboxylic acid groups (broad SMARTS) is 1. The van der Waals surface area contributed by atoms with Crippen LogP contribution in [-0.4, -0.2) is 29.6 Å². The lowest BCUT2D eigenvalue weighted by molar-refractivity contribution is -0.147. The molecule has 0 heterocycles. The largest absolute Gasteiger partial charge is 0.481 e. The van der Waals surface area contributed by atoms with E-state index < -0.39 is 11.4 Å². The molecule has 128 valence electrons. The molecule has 0 saturated carbocycles. The fraction of sp³-hybridized carbons (Fsp3) is 0.529. The number of amides is 1. The summed E-state index contributed by atoms with van der Waals surface area (Å²) in [6.45, 7) is 7.73. The van der Waals surface area contributed by atoms with Crippen LogP contribution in [0, 0.1) is 12.3 Å². The zero-order chi connectivity index (χ0) is 17.6. The van der Waals surface area contributed by atoms with Crippen molar-refractivity contribution in [1.82, 2.24) is 5.32 Å². The van der Waals surface area contributed by atoms with Gasteiger partial charge in [0.2, 0.25) is 5.91 Å². The van der Waals surface area contributed by atoms with Gasteiger partial charge in [-0.15, -0.1) is 0 Å². The van der Waals surface area contributed by atoms with Crippen LogP contribution in [0.2, 0.25) is 5.02 Å². The number of aryl methyl sites for hydroxylation is 1. The topological polar surface area (TPSA) is 78.4 Å². The molecule has 6 heteroatoms. The Kier molecular flexibility index (Phi) is 7.03. The first-order valence-electron chi connectivity index (χ1n) is 7.64. The molecule has 0 bridgehead atoms. The molecule has 3 N–H and O–H groups in total. The Bertz CT molecular complexity index is 573. The fourth-order valence-corrected chi connectivity index (χ4v) is 2.19. The highest BCUT2D eigenvalue weighted by atomic mass is 35.5. The van der Waals surface area contributed by atoms with Crippen molar-refractivity contribution in [2.24, 2.45) is 5.41 Å². The molecule has 0 fully saturated rings. The molecule has 0 spiro atoms. The molecule has 1 unspecified atom stereocenters. The number of carbonyl (C=O) groups excluding carboxylic acids is 1. The minimum Gasteiger partial charge on any atom is -0.481 e. The lowest BCUT2D eigenvalue weighted by Crippen LogP contribution is -2.35. The molecule has 1 rings (SSSR count). The molecular formula is C17H25ClN2O3. The molecule has 0 radical (unpaired) electrons. The van der Waals surface area contributed by atoms with Crippen molar-refractivity contribution in [3.8, 4) is 0 Å². The number of aliphatic carboxylic acids is 1. The van der Waals surface area contributed by atoms with Gasteiger partial charge >= 0.3 is 5.97 Å². The van der Waals surface area contributed by atoms with Gasteiger partial charge in [-0.2, -0.15) is 0 Å². The van der Waals surface area contributed by atoms with E-state index in [0.717, 1.165) is 5.56 Å². The number of carboxylic acids is 1. The highest BCUT2D eigenvalue weighted by Gasteiger charge is 2.26. The van der Waals surface area contributed by atoms with E-state index in [0.29, 0.717) is 30.1 Å². The van der Waals surface area contributed by atoms with Gasteiger partial charge in [0.25, 0.3) is 0 Å². The first-order valence-corrected chi connectivity index (χ1v) is 8.02. The van der Waals surface area contributed by atoms with Crippen LogP contribution in [0.25, 0.3) is 0 Å². The normalized spacial score (nSPS) is 12.7. The third-order valence-electron chi connectivity index (χ3n) is 3.79. The second-order valence-electron chi connectivity index (χ2n) is 6.51. The molecule has 5 nitrogen and oxygen atoms in total. The van der Waals surface area contributed by atoms with Crippen molar-refractivity contribution in [2.45, 2.75) is 46.6 Å². The van der Waals surface area contributed by atoms with Gasteiger partial charge in [-0.25, -0.2) is 0 Å². The van der Waals surface area contributed by atoms with Crippen LogP contribution in [0.5, 0.6) is 0 Å². The Morgan fingerprint density at radius 2 is 2.00 bits per heavy atom. The smallest absolute Gasteiger partial charge is 0.309 e. The van der Waals surface area contributed by atoms with Crippen molar-refractivity contribution in [1.29, 1.82) is 0 Å². The van der Waals surface area contributed by atoms with Gasteiger partial charge in [-0.05, 0) is 58.4 Å². The van der Waals surface area contributed by atoms with Gasteiger partial charge < -0.3 is 15.7 Å². The summed E-state index contributed by atoms with van der Waals surface area (Å²) in [6, 6.07) is 5.32. The fourth-order valence-electron chi connectivity index (χ4n) is 2.02. The maximum Gasteiger partial charge on any atom is 0.309 e. The number of carbonyl (C=O) groups is 2. The van der Waals surface area contributed by atoms with E-state index in [2.05, 4.69) is 10.6 Å². The van der Waals surface area contributed by atoms with E-state index in [1.807, 2.05) is 19.9 Å². The van der Waals surface area contributed by atoms with E-state index in [1.54, 1.807) is 26.0 Å². The van der Waals surface area contributed by atoms with Gasteiger partial charge in [-0.1, -0.05) is 17.7 Å². The SMILES string of the molecule is Cc1ccc(Cl)cc1NC(=O)CC(C)NCCC(C)(C)C(=O)O. The third kappa shape index (κ3) is 6.59. The van der Waals surface area contributed by atoms with Crippen LogP contribution in [0.3, 0.4) is 0 Å². The molecule has 0 aliphatic heterocycles. The standard InChI is InChI=1S/C17H25ClN2O3/c1-11-5-6-13(18)10-14(11)20-15(21)9-12(2)19-8-7-17(3,4)16(22)23/h5-6,10,12,19H,7-9H2,1-4H3,(H,20,21)(H,22,23). The Balaban J connectivity index is 2.42. The summed E-state index contributed by atoms with van der Waals surface area (Å²) in [4.78, 5) is 23.1. The van der Waals surface area contributed by atoms with Crippen LogP contribution < -0.4 is 10.6 Å². The predicted molar refractivity (Wildman–Crippen MR) is 92.9 cm³/mol. The quantitative estimate of drug-likeness (QED) is 0.677. The van der Waals surface area contributed by atoms with E-state index in [9.17, 15) is 9.59 Å². The van der Waals surface area contributed by atoms with Crippen LogP contribution in [0.15, 0.2) is 18.2 Å². The monoisotopic (exact) mass is 340 g/mol. The third-order valence-corrected chi connectivity index (χ3v) is 4.02. The van der Waals surface area contributed by atoms with Gasteiger partial charge in [0.05, 0.1) is 5.41 Å². The number of halogens is 1. The number of nitrogens with one attached hydrogen (secondary N) is 2. The first-order chi connectivity index (χ1) is 10.6. The molecular weight excluding hydrogens is 316 g/mol. The van der Waals surface area contributed by atoms with Gasteiger partial charge in [0, 0.05) is 23.2 Å². The lowest BCUT2D eigenvalue weighted by Gasteiger charge is -2.21. The molecule has 0 aliphatic rings. The number of benzene rings is 1. The minimum absolute atomic E-state index is 0.0425. The van der Waals surface area contributed by atoms with Crippen molar-refractivity contribution < 1.29 is 14.7 Å². The van der Waals surface area contributed by atoms with E-state index in [4.69, 9.17) is 16.7 Å². The highest BCUT2D eigenvalue weighted by molar-refractivity contribution is 6.31. The summed E-state index contributed by atoms with van der Waals surface area (Å²) < 4.78 is 0. The predicted octanol–water partition coefficient (Wildman–Crippen LogP) is 3.46. The summed E-state index contributed by atoms with van der Waals surface area (Å²) in [5.41, 5.74) is 0.889. The van der Waals surface area contributed by atoms with Crippen molar-refractivity contribution in [3.05, 3.63) is 28.8 Å². The molecule has 0 saturated heterocycles. The Morgan fingerprint density at radius 1 is 1.35 bits per heavy atom. The minimum atomic E-state index is -0.818. The number of hydrogen-bond acceptors (Lipinski definition) is 3. The maximum absolute atomic E-state index is 12.1. The summed E-state index contributed by atoms with van der Waals surface area (Å²) in [5, 5.41) is 15.7. The highest BCUT2D eigenvalue weighted by Crippen LogP contribution is 2.21. The number of anilines is 1. The summed E-state index contributed by atoms with van der Waals surface area (Å²) in [7, 11) is 0. The molecule has 1 atom stereocenters. The zero-order valence-corrected chi connectivity index (χ0v) is 14.8. The van der Waals surface area contributed by atoms with Crippen molar-refractivity contribution >= 4 is 29.2 Å². The molecule has 1 aromatic rings. The summed E-state index contributed by atoms with van der Waals surface area (Å²) >= 11 is 5.93. The Hall–Kier alpha value is -1.59. The summed E-state index contributed by atoms with van der Waals surface area (Å²) in [5.74, 6) is -0.922. The van der Waals surface area contributed by atoms with Crippen LogP contribution in [0.1, 0.15) is 39.2 Å². The number of hydrogen-bond donors (Lipinski definition) is 3. The molecule has 0 aliphatic carbocycles. The van der Waals surface area contributed by atoms with Crippen LogP contribution in [0.4, 0.5) is 5.69 Å². The lowest BCUT2D eigenvalue weighted by atomic mass is 9.89. The number of rotatable bonds is 8. The molecule has 0 aromatic heterocycles. The average Bonchev–Trinajstić information content (AvgIpc) is 2.42. The van der Waals surface area contributed by atoms with Gasteiger partial charge in [-0.3, -0.25) is 9.59 Å². The van der Waals surface area contributed by atoms with E-state index in [1.165, 1.54) is 0 Å². The van der Waals surface area contributed by atoms with Gasteiger partial charge in [0.15, 0.2) is 0 Å². The Labute approximate surface area is 142 Å². The zero-order valence-electron chi connectivity index (χ0n) is 14.1. The van der Waals surface area contributed by atoms with Crippen molar-refractivity contribution in [3.63, 3.8) is 0 Å². The average molecular weight is 341 g/mol. The molecule has 1 aromatic carbocycles. The van der Waals surface area contributed by atoms with Crippen LogP contribution in [-0.2, 0) is 9.59 Å². The first kappa shape index (κ1) is 19.5. The Morgan fingerprint density at radius 3 is 2.61 bits per heavy atom. The summed E-state index contributed by atoms with van der Waals surface area (Å²) in [6.07, 6.45) is 0.807. The molecule has 23 heavy (non-hydrogen) atoms. The van der Waals surface area contributed by atoms with Gasteiger partial charge in [0.1, 0.15) is 0 Å². The van der Waals surface area contributed by atoms with Crippen molar-refractivity contribution in [2.75, 3.05) is 11.9 Å². The second kappa shape index (κ2) is 8.31. The van der Waals surface area contributed by atoms with Crippen LogP contribution >= 0.6 is 11.6 Å². The molecule has 1 amide bonds. The van der Waals surface area contributed by atoms with E-state index in [-0.39, 0.29) is 11.9 Å². The maximum atomic E-state index is 12.1. The second-order valence-corrected chi connectivity index (χ2v) is 6.94.